The average molecular weight is 194 g/mol. The molecule has 0 aromatic heterocycles. The fourth-order valence-electron chi connectivity index (χ4n) is 2.13. The molecule has 0 spiro atoms. The summed E-state index contributed by atoms with van der Waals surface area (Å²) >= 11 is 0. The fraction of sp³-hybridized carbons (Fsp3) is 0.200. The van der Waals surface area contributed by atoms with Gasteiger partial charge in [-0.2, -0.15) is 0 Å². The molecule has 0 bridgehead atoms. The van der Waals surface area contributed by atoms with Crippen LogP contribution in [0.15, 0.2) is 54.6 Å². The van der Waals surface area contributed by atoms with Gasteiger partial charge in [-0.25, -0.2) is 0 Å². The first kappa shape index (κ1) is 8.72. The maximum Gasteiger partial charge on any atom is -0.0149 e. The Morgan fingerprint density at radius 3 is 2.13 bits per heavy atom. The van der Waals surface area contributed by atoms with E-state index in [9.17, 15) is 0 Å². The molecule has 0 amide bonds. The molecule has 0 heterocycles. The van der Waals surface area contributed by atoms with Crippen molar-refractivity contribution in [1.29, 1.82) is 0 Å². The fourth-order valence-corrected chi connectivity index (χ4v) is 2.13. The minimum atomic E-state index is 0.821. The Hall–Kier alpha value is -1.56. The van der Waals surface area contributed by atoms with Crippen molar-refractivity contribution in [3.05, 3.63) is 60.2 Å². The minimum Gasteiger partial charge on any atom is -0.0622 e. The van der Waals surface area contributed by atoms with E-state index in [2.05, 4.69) is 54.6 Å². The van der Waals surface area contributed by atoms with Crippen molar-refractivity contribution >= 4 is 0 Å². The van der Waals surface area contributed by atoms with Gasteiger partial charge in [0.2, 0.25) is 0 Å². The SMILES string of the molecule is c1ccc(-c2ccccc2C2CC2)cc1. The lowest BCUT2D eigenvalue weighted by molar-refractivity contribution is 1.13. The van der Waals surface area contributed by atoms with E-state index in [1.807, 2.05) is 0 Å². The van der Waals surface area contributed by atoms with Crippen LogP contribution < -0.4 is 0 Å². The maximum atomic E-state index is 2.28. The maximum absolute atomic E-state index is 2.28. The van der Waals surface area contributed by atoms with Crippen LogP contribution in [0.25, 0.3) is 11.1 Å². The first-order valence-electron chi connectivity index (χ1n) is 5.59. The summed E-state index contributed by atoms with van der Waals surface area (Å²) in [4.78, 5) is 0. The van der Waals surface area contributed by atoms with Crippen molar-refractivity contribution in [1.82, 2.24) is 0 Å². The first-order chi connectivity index (χ1) is 7.45. The lowest BCUT2D eigenvalue weighted by Crippen LogP contribution is -1.85. The normalized spacial score (nSPS) is 15.2. The summed E-state index contributed by atoms with van der Waals surface area (Å²) in [7, 11) is 0. The number of hydrogen-bond acceptors (Lipinski definition) is 0. The Kier molecular flexibility index (Phi) is 2.06. The molecule has 1 fully saturated rings. The van der Waals surface area contributed by atoms with Gasteiger partial charge in [-0.15, -0.1) is 0 Å². The van der Waals surface area contributed by atoms with Crippen LogP contribution >= 0.6 is 0 Å². The zero-order valence-corrected chi connectivity index (χ0v) is 8.69. The van der Waals surface area contributed by atoms with Crippen LogP contribution in [0.4, 0.5) is 0 Å². The lowest BCUT2D eigenvalue weighted by atomic mass is 9.97. The van der Waals surface area contributed by atoms with Crippen molar-refractivity contribution in [2.75, 3.05) is 0 Å². The zero-order valence-electron chi connectivity index (χ0n) is 8.69. The Bertz CT molecular complexity index is 452. The van der Waals surface area contributed by atoms with Crippen LogP contribution in [0.1, 0.15) is 24.3 Å². The van der Waals surface area contributed by atoms with Crippen LogP contribution in [0.2, 0.25) is 0 Å². The molecule has 0 heteroatoms. The summed E-state index contributed by atoms with van der Waals surface area (Å²) in [5.74, 6) is 0.821. The summed E-state index contributed by atoms with van der Waals surface area (Å²) in [5.41, 5.74) is 4.30. The third kappa shape index (κ3) is 1.68. The minimum absolute atomic E-state index is 0.821. The molecule has 0 radical (unpaired) electrons. The van der Waals surface area contributed by atoms with Gasteiger partial charge in [0, 0.05) is 0 Å². The van der Waals surface area contributed by atoms with Gasteiger partial charge in [-0.3, -0.25) is 0 Å². The highest BCUT2D eigenvalue weighted by molar-refractivity contribution is 5.68. The summed E-state index contributed by atoms with van der Waals surface area (Å²) in [6, 6.07) is 19.5. The molecule has 2 aromatic rings. The van der Waals surface area contributed by atoms with E-state index in [0.717, 1.165) is 5.92 Å². The van der Waals surface area contributed by atoms with Gasteiger partial charge in [-0.05, 0) is 35.4 Å². The Labute approximate surface area is 90.6 Å². The van der Waals surface area contributed by atoms with Crippen molar-refractivity contribution in [3.8, 4) is 11.1 Å². The molecule has 74 valence electrons. The van der Waals surface area contributed by atoms with E-state index >= 15 is 0 Å². The van der Waals surface area contributed by atoms with E-state index in [4.69, 9.17) is 0 Å². The van der Waals surface area contributed by atoms with Crippen molar-refractivity contribution in [2.24, 2.45) is 0 Å². The van der Waals surface area contributed by atoms with Crippen LogP contribution in [0.3, 0.4) is 0 Å². The molecular weight excluding hydrogens is 180 g/mol. The molecular formula is C15H14. The molecule has 15 heavy (non-hydrogen) atoms. The Balaban J connectivity index is 2.11. The molecule has 0 nitrogen and oxygen atoms in total. The van der Waals surface area contributed by atoms with Gasteiger partial charge in [-0.1, -0.05) is 54.6 Å². The highest BCUT2D eigenvalue weighted by Gasteiger charge is 2.25. The lowest BCUT2D eigenvalue weighted by Gasteiger charge is -2.08. The number of benzene rings is 2. The molecule has 0 N–H and O–H groups in total. The van der Waals surface area contributed by atoms with Crippen molar-refractivity contribution in [3.63, 3.8) is 0 Å². The van der Waals surface area contributed by atoms with Crippen LogP contribution in [0.5, 0.6) is 0 Å². The molecule has 1 aliphatic rings. The van der Waals surface area contributed by atoms with Crippen LogP contribution in [-0.4, -0.2) is 0 Å². The number of rotatable bonds is 2. The molecule has 0 unspecified atom stereocenters. The molecule has 1 saturated carbocycles. The summed E-state index contributed by atoms with van der Waals surface area (Å²) in [6.45, 7) is 0. The van der Waals surface area contributed by atoms with Crippen LogP contribution in [0, 0.1) is 0 Å². The molecule has 3 rings (SSSR count). The van der Waals surface area contributed by atoms with Gasteiger partial charge in [0.1, 0.15) is 0 Å². The van der Waals surface area contributed by atoms with Crippen molar-refractivity contribution in [2.45, 2.75) is 18.8 Å². The van der Waals surface area contributed by atoms with E-state index in [0.29, 0.717) is 0 Å². The molecule has 0 aliphatic heterocycles. The third-order valence-electron chi connectivity index (χ3n) is 3.06. The van der Waals surface area contributed by atoms with E-state index in [1.54, 1.807) is 0 Å². The van der Waals surface area contributed by atoms with Crippen molar-refractivity contribution < 1.29 is 0 Å². The smallest absolute Gasteiger partial charge is 0.0149 e. The second-order valence-electron chi connectivity index (χ2n) is 4.23. The third-order valence-corrected chi connectivity index (χ3v) is 3.06. The highest BCUT2D eigenvalue weighted by atomic mass is 14.3. The standard InChI is InChI=1S/C15H14/c1-2-6-12(7-3-1)14-8-4-5-9-15(14)13-10-11-13/h1-9,13H,10-11H2. The monoisotopic (exact) mass is 194 g/mol. The van der Waals surface area contributed by atoms with Gasteiger partial charge in [0.05, 0.1) is 0 Å². The quantitative estimate of drug-likeness (QED) is 0.671. The van der Waals surface area contributed by atoms with Crippen LogP contribution in [-0.2, 0) is 0 Å². The largest absolute Gasteiger partial charge is 0.0622 e. The van der Waals surface area contributed by atoms with Gasteiger partial charge < -0.3 is 0 Å². The summed E-state index contributed by atoms with van der Waals surface area (Å²) in [6.07, 6.45) is 2.73. The molecule has 0 atom stereocenters. The number of hydrogen-bond donors (Lipinski definition) is 0. The molecule has 1 aliphatic carbocycles. The Morgan fingerprint density at radius 1 is 0.733 bits per heavy atom. The van der Waals surface area contributed by atoms with E-state index in [-0.39, 0.29) is 0 Å². The van der Waals surface area contributed by atoms with E-state index in [1.165, 1.54) is 29.5 Å². The molecule has 0 saturated heterocycles. The summed E-state index contributed by atoms with van der Waals surface area (Å²) in [5, 5.41) is 0. The average Bonchev–Trinajstić information content (AvgIpc) is 3.14. The second-order valence-corrected chi connectivity index (χ2v) is 4.23. The van der Waals surface area contributed by atoms with Gasteiger partial charge >= 0.3 is 0 Å². The van der Waals surface area contributed by atoms with Gasteiger partial charge in [0.15, 0.2) is 0 Å². The summed E-state index contributed by atoms with van der Waals surface area (Å²) < 4.78 is 0. The second kappa shape index (κ2) is 3.54. The predicted molar refractivity (Wildman–Crippen MR) is 63.9 cm³/mol. The topological polar surface area (TPSA) is 0 Å². The predicted octanol–water partition coefficient (Wildman–Crippen LogP) is 4.23. The molecule has 2 aromatic carbocycles. The Morgan fingerprint density at radius 2 is 1.40 bits per heavy atom. The first-order valence-corrected chi connectivity index (χ1v) is 5.59. The highest BCUT2D eigenvalue weighted by Crippen LogP contribution is 2.44. The van der Waals surface area contributed by atoms with E-state index < -0.39 is 0 Å². The van der Waals surface area contributed by atoms with Gasteiger partial charge in [0.25, 0.3) is 0 Å². The zero-order chi connectivity index (χ0) is 10.1.